The van der Waals surface area contributed by atoms with Gasteiger partial charge in [0, 0.05) is 25.6 Å². The molecule has 0 aromatic carbocycles. The number of aromatic nitrogens is 1. The molecule has 0 saturated carbocycles. The number of carbonyl (C=O) groups is 1. The van der Waals surface area contributed by atoms with E-state index < -0.39 is 0 Å². The predicted molar refractivity (Wildman–Crippen MR) is 75.4 cm³/mol. The molecule has 6 heteroatoms. The third kappa shape index (κ3) is 3.19. The maximum absolute atomic E-state index is 11.9. The summed E-state index contributed by atoms with van der Waals surface area (Å²) in [4.78, 5) is 14.3. The van der Waals surface area contributed by atoms with E-state index in [-0.39, 0.29) is 5.91 Å². The van der Waals surface area contributed by atoms with Crippen LogP contribution < -0.4 is 10.6 Å². The molecule has 3 heterocycles. The van der Waals surface area contributed by atoms with Gasteiger partial charge in [-0.15, -0.1) is 0 Å². The number of amides is 1. The van der Waals surface area contributed by atoms with Crippen molar-refractivity contribution in [3.8, 4) is 0 Å². The molecule has 1 amide bonds. The van der Waals surface area contributed by atoms with Crippen molar-refractivity contribution < 1.29 is 9.32 Å². The van der Waals surface area contributed by atoms with Crippen molar-refractivity contribution in [1.82, 2.24) is 15.4 Å². The SMILES string of the molecule is Cc1cc(NC(=O)CCN2CCC3CNCC3C2)no1. The Labute approximate surface area is 118 Å². The molecule has 2 N–H and O–H groups in total. The van der Waals surface area contributed by atoms with Crippen LogP contribution in [0, 0.1) is 18.8 Å². The highest BCUT2D eigenvalue weighted by molar-refractivity contribution is 5.89. The summed E-state index contributed by atoms with van der Waals surface area (Å²) in [6.45, 7) is 7.16. The first-order valence-corrected chi connectivity index (χ1v) is 7.37. The van der Waals surface area contributed by atoms with Gasteiger partial charge in [0.15, 0.2) is 5.82 Å². The maximum atomic E-state index is 11.9. The van der Waals surface area contributed by atoms with Crippen LogP contribution >= 0.6 is 0 Å². The molecular weight excluding hydrogens is 256 g/mol. The van der Waals surface area contributed by atoms with E-state index in [2.05, 4.69) is 20.7 Å². The molecule has 0 bridgehead atoms. The van der Waals surface area contributed by atoms with Crippen molar-refractivity contribution in [3.63, 3.8) is 0 Å². The molecule has 1 aromatic rings. The lowest BCUT2D eigenvalue weighted by Gasteiger charge is -2.34. The summed E-state index contributed by atoms with van der Waals surface area (Å²) in [5.41, 5.74) is 0. The molecule has 2 aliphatic rings. The second-order valence-electron chi connectivity index (χ2n) is 5.89. The second kappa shape index (κ2) is 5.93. The first-order valence-electron chi connectivity index (χ1n) is 7.37. The highest BCUT2D eigenvalue weighted by Crippen LogP contribution is 2.26. The van der Waals surface area contributed by atoms with Gasteiger partial charge in [-0.25, -0.2) is 0 Å². The van der Waals surface area contributed by atoms with E-state index in [1.165, 1.54) is 13.0 Å². The molecule has 6 nitrogen and oxygen atoms in total. The molecule has 110 valence electrons. The lowest BCUT2D eigenvalue weighted by Crippen LogP contribution is -2.41. The first kappa shape index (κ1) is 13.6. The Balaban J connectivity index is 1.41. The van der Waals surface area contributed by atoms with E-state index in [0.29, 0.717) is 18.0 Å². The van der Waals surface area contributed by atoms with Gasteiger partial charge in [0.1, 0.15) is 5.76 Å². The largest absolute Gasteiger partial charge is 0.360 e. The van der Waals surface area contributed by atoms with Gasteiger partial charge < -0.3 is 20.1 Å². The van der Waals surface area contributed by atoms with Crippen LogP contribution in [-0.4, -0.2) is 48.7 Å². The third-order valence-corrected chi connectivity index (χ3v) is 4.34. The van der Waals surface area contributed by atoms with Crippen molar-refractivity contribution in [1.29, 1.82) is 0 Å². The molecule has 2 saturated heterocycles. The summed E-state index contributed by atoms with van der Waals surface area (Å²) in [6.07, 6.45) is 1.76. The molecule has 2 atom stereocenters. The van der Waals surface area contributed by atoms with Gasteiger partial charge in [0.05, 0.1) is 0 Å². The summed E-state index contributed by atoms with van der Waals surface area (Å²) in [6, 6.07) is 1.73. The van der Waals surface area contributed by atoms with Crippen molar-refractivity contribution >= 4 is 11.7 Å². The van der Waals surface area contributed by atoms with Gasteiger partial charge in [-0.1, -0.05) is 5.16 Å². The zero-order valence-corrected chi connectivity index (χ0v) is 11.9. The Morgan fingerprint density at radius 3 is 3.20 bits per heavy atom. The quantitative estimate of drug-likeness (QED) is 0.854. The molecular formula is C14H22N4O2. The molecule has 2 aliphatic heterocycles. The van der Waals surface area contributed by atoms with Crippen LogP contribution in [0.4, 0.5) is 5.82 Å². The number of rotatable bonds is 4. The summed E-state index contributed by atoms with van der Waals surface area (Å²) in [7, 11) is 0. The van der Waals surface area contributed by atoms with E-state index in [1.807, 2.05) is 6.92 Å². The minimum Gasteiger partial charge on any atom is -0.360 e. The van der Waals surface area contributed by atoms with Crippen LogP contribution in [0.2, 0.25) is 0 Å². The summed E-state index contributed by atoms with van der Waals surface area (Å²) in [5, 5.41) is 9.99. The molecule has 2 unspecified atom stereocenters. The van der Waals surface area contributed by atoms with Crippen LogP contribution in [0.25, 0.3) is 0 Å². The molecule has 3 rings (SSSR count). The van der Waals surface area contributed by atoms with Crippen molar-refractivity contribution in [2.45, 2.75) is 19.8 Å². The van der Waals surface area contributed by atoms with Gasteiger partial charge in [0.2, 0.25) is 5.91 Å². The predicted octanol–water partition coefficient (Wildman–Crippen LogP) is 0.853. The topological polar surface area (TPSA) is 70.4 Å². The van der Waals surface area contributed by atoms with Gasteiger partial charge in [-0.05, 0) is 44.8 Å². The first-order chi connectivity index (χ1) is 9.70. The Bertz CT molecular complexity index is 473. The van der Waals surface area contributed by atoms with Crippen LogP contribution in [0.5, 0.6) is 0 Å². The fraction of sp³-hybridized carbons (Fsp3) is 0.714. The molecule has 2 fully saturated rings. The zero-order valence-electron chi connectivity index (χ0n) is 11.9. The number of anilines is 1. The third-order valence-electron chi connectivity index (χ3n) is 4.34. The lowest BCUT2D eigenvalue weighted by atomic mass is 9.89. The maximum Gasteiger partial charge on any atom is 0.226 e. The second-order valence-corrected chi connectivity index (χ2v) is 5.89. The fourth-order valence-electron chi connectivity index (χ4n) is 3.20. The van der Waals surface area contributed by atoms with E-state index >= 15 is 0 Å². The molecule has 0 aliphatic carbocycles. The molecule has 0 radical (unpaired) electrons. The summed E-state index contributed by atoms with van der Waals surface area (Å²) < 4.78 is 4.93. The Hall–Kier alpha value is -1.40. The van der Waals surface area contributed by atoms with Gasteiger partial charge in [-0.2, -0.15) is 0 Å². The number of fused-ring (bicyclic) bond motifs is 1. The highest BCUT2D eigenvalue weighted by Gasteiger charge is 2.32. The number of piperidine rings is 1. The number of nitrogens with one attached hydrogen (secondary N) is 2. The van der Waals surface area contributed by atoms with Crippen LogP contribution in [0.1, 0.15) is 18.6 Å². The average molecular weight is 278 g/mol. The van der Waals surface area contributed by atoms with Gasteiger partial charge in [-0.3, -0.25) is 4.79 Å². The van der Waals surface area contributed by atoms with E-state index in [9.17, 15) is 4.79 Å². The summed E-state index contributed by atoms with van der Waals surface area (Å²) >= 11 is 0. The van der Waals surface area contributed by atoms with Crippen LogP contribution in [0.3, 0.4) is 0 Å². The summed E-state index contributed by atoms with van der Waals surface area (Å²) in [5.74, 6) is 2.83. The Kier molecular flexibility index (Phi) is 4.03. The highest BCUT2D eigenvalue weighted by atomic mass is 16.5. The van der Waals surface area contributed by atoms with E-state index in [4.69, 9.17) is 4.52 Å². The smallest absolute Gasteiger partial charge is 0.226 e. The van der Waals surface area contributed by atoms with Crippen molar-refractivity contribution in [3.05, 3.63) is 11.8 Å². The standard InChI is InChI=1S/C14H22N4O2/c1-10-6-13(17-20-10)16-14(19)3-5-18-4-2-11-7-15-8-12(11)9-18/h6,11-12,15H,2-5,7-9H2,1H3,(H,16,17,19). The molecule has 0 spiro atoms. The minimum absolute atomic E-state index is 0.00460. The van der Waals surface area contributed by atoms with E-state index in [1.54, 1.807) is 6.07 Å². The van der Waals surface area contributed by atoms with E-state index in [0.717, 1.165) is 38.0 Å². The van der Waals surface area contributed by atoms with Gasteiger partial charge >= 0.3 is 0 Å². The normalized spacial score (nSPS) is 26.4. The number of hydrogen-bond donors (Lipinski definition) is 2. The zero-order chi connectivity index (χ0) is 13.9. The van der Waals surface area contributed by atoms with Crippen LogP contribution in [0.15, 0.2) is 10.6 Å². The molecule has 1 aromatic heterocycles. The number of aryl methyl sites for hydroxylation is 1. The van der Waals surface area contributed by atoms with Crippen molar-refractivity contribution in [2.24, 2.45) is 11.8 Å². The fourth-order valence-corrected chi connectivity index (χ4v) is 3.20. The Morgan fingerprint density at radius 2 is 2.40 bits per heavy atom. The van der Waals surface area contributed by atoms with Crippen LogP contribution in [-0.2, 0) is 4.79 Å². The number of likely N-dealkylation sites (tertiary alicyclic amines) is 1. The Morgan fingerprint density at radius 1 is 1.55 bits per heavy atom. The lowest BCUT2D eigenvalue weighted by molar-refractivity contribution is -0.116. The minimum atomic E-state index is 0.00460. The monoisotopic (exact) mass is 278 g/mol. The van der Waals surface area contributed by atoms with Gasteiger partial charge in [0.25, 0.3) is 0 Å². The number of nitrogens with zero attached hydrogens (tertiary/aromatic N) is 2. The molecule has 20 heavy (non-hydrogen) atoms. The average Bonchev–Trinajstić information content (AvgIpc) is 3.04. The number of carbonyl (C=O) groups excluding carboxylic acids is 1. The van der Waals surface area contributed by atoms with Crippen molar-refractivity contribution in [2.75, 3.05) is 38.0 Å². The number of hydrogen-bond acceptors (Lipinski definition) is 5.